The van der Waals surface area contributed by atoms with E-state index in [4.69, 9.17) is 15.0 Å². The summed E-state index contributed by atoms with van der Waals surface area (Å²) < 4.78 is 4.95. The zero-order valence-corrected chi connectivity index (χ0v) is 33.5. The van der Waals surface area contributed by atoms with Gasteiger partial charge in [0.15, 0.2) is 17.5 Å². The highest BCUT2D eigenvalue weighted by molar-refractivity contribution is 6.31. The number of nitriles is 1. The second-order valence-corrected chi connectivity index (χ2v) is 16.3. The summed E-state index contributed by atoms with van der Waals surface area (Å²) in [6.07, 6.45) is 0. The van der Waals surface area contributed by atoms with E-state index in [0.29, 0.717) is 23.0 Å². The summed E-state index contributed by atoms with van der Waals surface area (Å²) >= 11 is 0. The van der Waals surface area contributed by atoms with Crippen molar-refractivity contribution in [3.8, 4) is 62.7 Å². The number of para-hydroxylation sites is 3. The second kappa shape index (κ2) is 13.2. The monoisotopic (exact) mass is 780 g/mol. The van der Waals surface area contributed by atoms with Gasteiger partial charge in [-0.15, -0.1) is 0 Å². The highest BCUT2D eigenvalue weighted by atomic mass is 15.1. The van der Waals surface area contributed by atoms with Gasteiger partial charge in [0.25, 0.3) is 0 Å². The fraction of sp³-hybridized carbons (Fsp3) is 0.0545. The van der Waals surface area contributed by atoms with Crippen LogP contribution in [0.15, 0.2) is 182 Å². The van der Waals surface area contributed by atoms with E-state index in [-0.39, 0.29) is 5.41 Å². The molecule has 0 amide bonds. The molecule has 6 nitrogen and oxygen atoms in total. The summed E-state index contributed by atoms with van der Waals surface area (Å²) in [5.74, 6) is 1.71. The van der Waals surface area contributed by atoms with Crippen LogP contribution in [0.4, 0.5) is 0 Å². The Bertz CT molecular complexity index is 3590. The predicted octanol–water partition coefficient (Wildman–Crippen LogP) is 13.2. The van der Waals surface area contributed by atoms with E-state index in [2.05, 4.69) is 156 Å². The molecular weight excluding hydrogens is 745 g/mol. The molecule has 3 aromatic heterocycles. The predicted molar refractivity (Wildman–Crippen MR) is 247 cm³/mol. The standard InChI is InChI=1S/C55H36N6/c1-55(2)43-22-12-9-19-40(43)46-47-41-20-10-13-23-44(41)61(50(47)51-48(49(46)55)42-21-11-14-24-45(42)60(51)38-17-7-4-8-18-38)39-31-29-37(30-32-39)54-58-52(35-15-5-3-6-16-35)57-53(59-54)36-27-25-34(33-56)26-28-36/h3-32H,1-2H3. The van der Waals surface area contributed by atoms with Crippen molar-refractivity contribution in [1.29, 1.82) is 5.26 Å². The molecule has 286 valence electrons. The van der Waals surface area contributed by atoms with Gasteiger partial charge in [0.1, 0.15) is 0 Å². The van der Waals surface area contributed by atoms with Crippen molar-refractivity contribution in [2.75, 3.05) is 0 Å². The van der Waals surface area contributed by atoms with Crippen LogP contribution < -0.4 is 0 Å². The minimum Gasteiger partial charge on any atom is -0.307 e. The first-order valence-corrected chi connectivity index (χ1v) is 20.6. The molecule has 1 aliphatic carbocycles. The van der Waals surface area contributed by atoms with E-state index in [1.165, 1.54) is 60.3 Å². The second-order valence-electron chi connectivity index (χ2n) is 16.3. The number of rotatable bonds is 5. The summed E-state index contributed by atoms with van der Waals surface area (Å²) in [4.78, 5) is 14.9. The molecule has 12 rings (SSSR count). The SMILES string of the molecule is CC1(C)c2ccccc2-c2c1c1c3ccccc3n(-c3ccccc3)c1c1c2c2ccccc2n1-c1ccc(-c2nc(-c3ccccc3)nc(-c3ccc(C#N)cc3)n2)cc1. The lowest BCUT2D eigenvalue weighted by molar-refractivity contribution is 0.667. The Hall–Kier alpha value is -8.14. The number of hydrogen-bond acceptors (Lipinski definition) is 4. The van der Waals surface area contributed by atoms with Crippen molar-refractivity contribution >= 4 is 43.6 Å². The summed E-state index contributed by atoms with van der Waals surface area (Å²) in [6, 6.07) is 65.8. The zero-order chi connectivity index (χ0) is 40.8. The van der Waals surface area contributed by atoms with E-state index in [1.807, 2.05) is 42.5 Å². The summed E-state index contributed by atoms with van der Waals surface area (Å²) in [7, 11) is 0. The molecule has 8 aromatic carbocycles. The molecule has 11 aromatic rings. The van der Waals surface area contributed by atoms with Crippen LogP contribution in [0.25, 0.3) is 100 Å². The molecule has 0 spiro atoms. The molecule has 61 heavy (non-hydrogen) atoms. The van der Waals surface area contributed by atoms with E-state index >= 15 is 0 Å². The maximum absolute atomic E-state index is 9.45. The van der Waals surface area contributed by atoms with Crippen molar-refractivity contribution in [2.24, 2.45) is 0 Å². The van der Waals surface area contributed by atoms with E-state index in [1.54, 1.807) is 12.1 Å². The van der Waals surface area contributed by atoms with Crippen LogP contribution in [-0.2, 0) is 5.41 Å². The fourth-order valence-corrected chi connectivity index (χ4v) is 9.88. The Labute approximate surface area is 352 Å². The first kappa shape index (κ1) is 34.9. The third kappa shape index (κ3) is 5.11. The minimum absolute atomic E-state index is 0.241. The van der Waals surface area contributed by atoms with Crippen LogP contribution in [0.5, 0.6) is 0 Å². The van der Waals surface area contributed by atoms with E-state index < -0.39 is 0 Å². The molecular formula is C55H36N6. The minimum atomic E-state index is -0.241. The molecule has 0 N–H and O–H groups in total. The maximum atomic E-state index is 9.45. The van der Waals surface area contributed by atoms with Crippen LogP contribution in [0.2, 0.25) is 0 Å². The van der Waals surface area contributed by atoms with Gasteiger partial charge in [-0.05, 0) is 95.1 Å². The third-order valence-electron chi connectivity index (χ3n) is 12.6. The normalized spacial score (nSPS) is 12.9. The average molecular weight is 781 g/mol. The van der Waals surface area contributed by atoms with Gasteiger partial charge < -0.3 is 9.13 Å². The quantitative estimate of drug-likeness (QED) is 0.174. The van der Waals surface area contributed by atoms with Crippen molar-refractivity contribution in [3.05, 3.63) is 199 Å². The molecule has 0 saturated heterocycles. The van der Waals surface area contributed by atoms with Crippen LogP contribution >= 0.6 is 0 Å². The molecule has 0 fully saturated rings. The first-order valence-electron chi connectivity index (χ1n) is 20.6. The van der Waals surface area contributed by atoms with Gasteiger partial charge >= 0.3 is 0 Å². The lowest BCUT2D eigenvalue weighted by Crippen LogP contribution is -2.15. The number of aromatic nitrogens is 5. The molecule has 0 radical (unpaired) electrons. The highest BCUT2D eigenvalue weighted by Gasteiger charge is 2.41. The van der Waals surface area contributed by atoms with Crippen LogP contribution in [0, 0.1) is 11.3 Å². The van der Waals surface area contributed by atoms with Crippen molar-refractivity contribution in [1.82, 2.24) is 24.1 Å². The topological polar surface area (TPSA) is 72.3 Å². The average Bonchev–Trinajstić information content (AvgIpc) is 3.93. The number of fused-ring (bicyclic) bond motifs is 12. The number of benzene rings is 8. The van der Waals surface area contributed by atoms with Gasteiger partial charge in [0, 0.05) is 55.0 Å². The van der Waals surface area contributed by atoms with Gasteiger partial charge in [-0.2, -0.15) is 5.26 Å². The lowest BCUT2D eigenvalue weighted by Gasteiger charge is -2.23. The Morgan fingerprint density at radius 1 is 0.459 bits per heavy atom. The molecule has 0 saturated carbocycles. The Morgan fingerprint density at radius 3 is 1.52 bits per heavy atom. The highest BCUT2D eigenvalue weighted by Crippen LogP contribution is 2.58. The molecule has 0 unspecified atom stereocenters. The van der Waals surface area contributed by atoms with E-state index in [0.717, 1.165) is 33.6 Å². The molecule has 0 aliphatic heterocycles. The van der Waals surface area contributed by atoms with Crippen LogP contribution in [-0.4, -0.2) is 24.1 Å². The van der Waals surface area contributed by atoms with Gasteiger partial charge in [-0.1, -0.05) is 123 Å². The van der Waals surface area contributed by atoms with E-state index in [9.17, 15) is 5.26 Å². The molecule has 0 bridgehead atoms. The molecule has 6 heteroatoms. The smallest absolute Gasteiger partial charge is 0.164 e. The van der Waals surface area contributed by atoms with Crippen molar-refractivity contribution in [3.63, 3.8) is 0 Å². The number of hydrogen-bond donors (Lipinski definition) is 0. The molecule has 0 atom stereocenters. The summed E-state index contributed by atoms with van der Waals surface area (Å²) in [5, 5.41) is 14.5. The maximum Gasteiger partial charge on any atom is 0.164 e. The first-order chi connectivity index (χ1) is 30.0. The lowest BCUT2D eigenvalue weighted by atomic mass is 9.80. The van der Waals surface area contributed by atoms with Gasteiger partial charge in [-0.3, -0.25) is 0 Å². The summed E-state index contributed by atoms with van der Waals surface area (Å²) in [5.41, 5.74) is 15.1. The van der Waals surface area contributed by atoms with Gasteiger partial charge in [0.05, 0.1) is 33.7 Å². The summed E-state index contributed by atoms with van der Waals surface area (Å²) in [6.45, 7) is 4.79. The Morgan fingerprint density at radius 2 is 0.918 bits per heavy atom. The van der Waals surface area contributed by atoms with Crippen LogP contribution in [0.1, 0.15) is 30.5 Å². The van der Waals surface area contributed by atoms with Gasteiger partial charge in [0.2, 0.25) is 0 Å². The number of nitrogens with zero attached hydrogens (tertiary/aromatic N) is 6. The Kier molecular flexibility index (Phi) is 7.54. The van der Waals surface area contributed by atoms with Crippen molar-refractivity contribution in [2.45, 2.75) is 19.3 Å². The molecule has 3 heterocycles. The largest absolute Gasteiger partial charge is 0.307 e. The third-order valence-corrected chi connectivity index (χ3v) is 12.6. The fourth-order valence-electron chi connectivity index (χ4n) is 9.88. The van der Waals surface area contributed by atoms with Crippen LogP contribution in [0.3, 0.4) is 0 Å². The zero-order valence-electron chi connectivity index (χ0n) is 33.5. The molecule has 1 aliphatic rings. The van der Waals surface area contributed by atoms with Crippen molar-refractivity contribution < 1.29 is 0 Å². The Balaban J connectivity index is 1.16. The van der Waals surface area contributed by atoms with Gasteiger partial charge in [-0.25, -0.2) is 15.0 Å².